The molecule has 1 heterocycles. The highest BCUT2D eigenvalue weighted by molar-refractivity contribution is 5.76. The third-order valence-electron chi connectivity index (χ3n) is 4.77. The lowest BCUT2D eigenvalue weighted by Crippen LogP contribution is -2.32. The molecule has 2 aromatic carbocycles. The monoisotopic (exact) mass is 368 g/mol. The van der Waals surface area contributed by atoms with Crippen LogP contribution in [0.3, 0.4) is 0 Å². The Morgan fingerprint density at radius 1 is 1.07 bits per heavy atom. The Morgan fingerprint density at radius 3 is 2.63 bits per heavy atom. The summed E-state index contributed by atoms with van der Waals surface area (Å²) in [7, 11) is 1.67. The second-order valence-electron chi connectivity index (χ2n) is 6.64. The predicted molar refractivity (Wildman–Crippen MR) is 105 cm³/mol. The summed E-state index contributed by atoms with van der Waals surface area (Å²) in [5, 5.41) is 0. The molecule has 1 amide bonds. The number of hydrogen-bond donors (Lipinski definition) is 0. The summed E-state index contributed by atoms with van der Waals surface area (Å²) in [5.74, 6) is 0.745. The van der Waals surface area contributed by atoms with E-state index in [0.29, 0.717) is 19.5 Å². The van der Waals surface area contributed by atoms with Crippen LogP contribution >= 0.6 is 0 Å². The van der Waals surface area contributed by atoms with Crippen LogP contribution < -0.4 is 4.74 Å². The van der Waals surface area contributed by atoms with Crippen LogP contribution in [0.15, 0.2) is 54.6 Å². The van der Waals surface area contributed by atoms with Crippen molar-refractivity contribution in [3.05, 3.63) is 71.6 Å². The van der Waals surface area contributed by atoms with Crippen molar-refractivity contribution in [2.24, 2.45) is 0 Å². The van der Waals surface area contributed by atoms with E-state index in [2.05, 4.69) is 17.1 Å². The fraction of sp³-hybridized carbons (Fsp3) is 0.318. The number of nitrogens with zero attached hydrogens (tertiary/aromatic N) is 2. The van der Waals surface area contributed by atoms with Crippen molar-refractivity contribution < 1.29 is 13.9 Å². The smallest absolute Gasteiger partial charge is 0.224 e. The number of amides is 1. The topological polar surface area (TPSA) is 32.8 Å². The Morgan fingerprint density at radius 2 is 1.85 bits per heavy atom. The first-order valence-electron chi connectivity index (χ1n) is 9.20. The highest BCUT2D eigenvalue weighted by Crippen LogP contribution is 2.18. The van der Waals surface area contributed by atoms with E-state index in [1.54, 1.807) is 19.2 Å². The van der Waals surface area contributed by atoms with Gasteiger partial charge in [-0.05, 0) is 23.8 Å². The van der Waals surface area contributed by atoms with Gasteiger partial charge in [0.25, 0.3) is 0 Å². The van der Waals surface area contributed by atoms with Crippen molar-refractivity contribution >= 4 is 12.0 Å². The molecular weight excluding hydrogens is 343 g/mol. The molecule has 0 N–H and O–H groups in total. The lowest BCUT2D eigenvalue weighted by Gasteiger charge is -2.21. The number of ether oxygens (including phenoxy) is 1. The van der Waals surface area contributed by atoms with Crippen LogP contribution in [-0.4, -0.2) is 49.0 Å². The Kier molecular flexibility index (Phi) is 6.60. The maximum Gasteiger partial charge on any atom is 0.224 e. The van der Waals surface area contributed by atoms with E-state index in [-0.39, 0.29) is 11.7 Å². The zero-order valence-electron chi connectivity index (χ0n) is 15.6. The van der Waals surface area contributed by atoms with Crippen LogP contribution in [0.25, 0.3) is 6.08 Å². The molecule has 3 rings (SSSR count). The first-order valence-corrected chi connectivity index (χ1v) is 9.20. The van der Waals surface area contributed by atoms with Crippen LogP contribution in [0.2, 0.25) is 0 Å². The molecule has 1 fully saturated rings. The van der Waals surface area contributed by atoms with E-state index < -0.39 is 0 Å². The summed E-state index contributed by atoms with van der Waals surface area (Å²) >= 11 is 0. The van der Waals surface area contributed by atoms with Gasteiger partial charge < -0.3 is 9.64 Å². The highest BCUT2D eigenvalue weighted by Gasteiger charge is 2.20. The van der Waals surface area contributed by atoms with Gasteiger partial charge in [-0.25, -0.2) is 4.39 Å². The molecule has 0 aliphatic carbocycles. The number of carbonyl (C=O) groups is 1. The van der Waals surface area contributed by atoms with E-state index in [1.807, 2.05) is 29.2 Å². The van der Waals surface area contributed by atoms with Crippen LogP contribution in [-0.2, 0) is 11.3 Å². The molecule has 1 aliphatic rings. The number of rotatable bonds is 6. The maximum absolute atomic E-state index is 13.0. The third kappa shape index (κ3) is 5.41. The van der Waals surface area contributed by atoms with Crippen LogP contribution in [0.4, 0.5) is 4.39 Å². The average molecular weight is 368 g/mol. The normalized spacial score (nSPS) is 15.9. The molecule has 0 saturated carbocycles. The van der Waals surface area contributed by atoms with Crippen LogP contribution in [0, 0.1) is 5.82 Å². The van der Waals surface area contributed by atoms with Gasteiger partial charge in [0.1, 0.15) is 11.6 Å². The first kappa shape index (κ1) is 19.1. The Labute approximate surface area is 159 Å². The summed E-state index contributed by atoms with van der Waals surface area (Å²) in [6.07, 6.45) is 4.67. The Balaban J connectivity index is 1.55. The van der Waals surface area contributed by atoms with Crippen molar-refractivity contribution in [2.45, 2.75) is 13.0 Å². The molecule has 0 bridgehead atoms. The Hall–Kier alpha value is -2.66. The van der Waals surface area contributed by atoms with E-state index in [0.717, 1.165) is 36.5 Å². The molecule has 0 aromatic heterocycles. The Bertz CT molecular complexity index is 789. The molecule has 5 heteroatoms. The fourth-order valence-corrected chi connectivity index (χ4v) is 3.20. The SMILES string of the molecule is COc1ccccc1/C=C/CN1CCC(=O)N(Cc2ccc(F)cc2)CC1. The lowest BCUT2D eigenvalue weighted by atomic mass is 10.2. The molecule has 0 atom stereocenters. The van der Waals surface area contributed by atoms with Crippen molar-refractivity contribution in [2.75, 3.05) is 33.3 Å². The summed E-state index contributed by atoms with van der Waals surface area (Å²) in [5.41, 5.74) is 2.00. The van der Waals surface area contributed by atoms with Gasteiger partial charge in [-0.1, -0.05) is 42.5 Å². The highest BCUT2D eigenvalue weighted by atomic mass is 19.1. The van der Waals surface area contributed by atoms with Crippen molar-refractivity contribution in [1.29, 1.82) is 0 Å². The van der Waals surface area contributed by atoms with Gasteiger partial charge >= 0.3 is 0 Å². The fourth-order valence-electron chi connectivity index (χ4n) is 3.20. The van der Waals surface area contributed by atoms with Crippen LogP contribution in [0.5, 0.6) is 5.75 Å². The second-order valence-corrected chi connectivity index (χ2v) is 6.64. The van der Waals surface area contributed by atoms with Gasteiger partial charge in [-0.15, -0.1) is 0 Å². The van der Waals surface area contributed by atoms with E-state index in [4.69, 9.17) is 4.74 Å². The molecule has 0 spiro atoms. The standard InChI is InChI=1S/C22H25FN2O2/c1-27-21-7-3-2-5-19(21)6-4-13-24-14-12-22(26)25(16-15-24)17-18-8-10-20(23)11-9-18/h2-11H,12-17H2,1H3/b6-4+. The molecule has 1 saturated heterocycles. The van der Waals surface area contributed by atoms with Crippen molar-refractivity contribution in [3.63, 3.8) is 0 Å². The minimum absolute atomic E-state index is 0.149. The number of halogens is 1. The van der Waals surface area contributed by atoms with Gasteiger partial charge in [0, 0.05) is 44.7 Å². The van der Waals surface area contributed by atoms with Gasteiger partial charge in [0.2, 0.25) is 5.91 Å². The lowest BCUT2D eigenvalue weighted by molar-refractivity contribution is -0.130. The van der Waals surface area contributed by atoms with Crippen molar-refractivity contribution in [1.82, 2.24) is 9.80 Å². The van der Waals surface area contributed by atoms with E-state index >= 15 is 0 Å². The van der Waals surface area contributed by atoms with E-state index in [9.17, 15) is 9.18 Å². The summed E-state index contributed by atoms with van der Waals surface area (Å²) in [6.45, 7) is 3.57. The van der Waals surface area contributed by atoms with Crippen molar-refractivity contribution in [3.8, 4) is 5.75 Å². The number of para-hydroxylation sites is 1. The molecule has 1 aliphatic heterocycles. The predicted octanol–water partition coefficient (Wildman–Crippen LogP) is 3.58. The molecule has 0 radical (unpaired) electrons. The number of carbonyl (C=O) groups excluding carboxylic acids is 1. The zero-order valence-corrected chi connectivity index (χ0v) is 15.6. The van der Waals surface area contributed by atoms with E-state index in [1.165, 1.54) is 12.1 Å². The first-order chi connectivity index (χ1) is 13.2. The zero-order chi connectivity index (χ0) is 19.1. The van der Waals surface area contributed by atoms with Gasteiger partial charge in [-0.2, -0.15) is 0 Å². The molecule has 0 unspecified atom stereocenters. The van der Waals surface area contributed by atoms with Gasteiger partial charge in [-0.3, -0.25) is 9.69 Å². The molecule has 27 heavy (non-hydrogen) atoms. The minimum Gasteiger partial charge on any atom is -0.496 e. The number of benzene rings is 2. The average Bonchev–Trinajstić information content (AvgIpc) is 2.86. The summed E-state index contributed by atoms with van der Waals surface area (Å²) < 4.78 is 18.4. The summed E-state index contributed by atoms with van der Waals surface area (Å²) in [6, 6.07) is 14.2. The third-order valence-corrected chi connectivity index (χ3v) is 4.77. The second kappa shape index (κ2) is 9.33. The molecule has 4 nitrogen and oxygen atoms in total. The number of hydrogen-bond acceptors (Lipinski definition) is 3. The summed E-state index contributed by atoms with van der Waals surface area (Å²) in [4.78, 5) is 16.5. The molecular formula is C22H25FN2O2. The molecule has 142 valence electrons. The van der Waals surface area contributed by atoms with Crippen LogP contribution in [0.1, 0.15) is 17.5 Å². The maximum atomic E-state index is 13.0. The minimum atomic E-state index is -0.256. The van der Waals surface area contributed by atoms with Gasteiger partial charge in [0.05, 0.1) is 7.11 Å². The quantitative estimate of drug-likeness (QED) is 0.781. The largest absolute Gasteiger partial charge is 0.496 e. The number of methoxy groups -OCH3 is 1. The van der Waals surface area contributed by atoms with Gasteiger partial charge in [0.15, 0.2) is 0 Å². The molecule has 2 aromatic rings.